The zero-order valence-corrected chi connectivity index (χ0v) is 7.88. The van der Waals surface area contributed by atoms with E-state index in [0.717, 1.165) is 5.12 Å². The number of nitrogens with zero attached hydrogens (tertiary/aromatic N) is 2. The van der Waals surface area contributed by atoms with Gasteiger partial charge in [-0.05, 0) is 12.1 Å². The van der Waals surface area contributed by atoms with Crippen molar-refractivity contribution in [2.45, 2.75) is 6.42 Å². The van der Waals surface area contributed by atoms with Gasteiger partial charge in [-0.1, -0.05) is 18.2 Å². The molecular formula is C10H9N3O2. The Balaban J connectivity index is 2.04. The SMILES string of the molecule is O=C(NN1N=CCC1=O)c1ccccc1. The molecule has 15 heavy (non-hydrogen) atoms. The average molecular weight is 203 g/mol. The van der Waals surface area contributed by atoms with Crippen molar-refractivity contribution in [3.8, 4) is 0 Å². The first-order valence-electron chi connectivity index (χ1n) is 4.49. The first kappa shape index (κ1) is 9.39. The molecule has 5 heteroatoms. The summed E-state index contributed by atoms with van der Waals surface area (Å²) < 4.78 is 0. The first-order valence-corrected chi connectivity index (χ1v) is 4.49. The third-order valence-electron chi connectivity index (χ3n) is 1.94. The second-order valence-electron chi connectivity index (χ2n) is 3.01. The zero-order valence-electron chi connectivity index (χ0n) is 7.88. The van der Waals surface area contributed by atoms with Crippen molar-refractivity contribution < 1.29 is 9.59 Å². The van der Waals surface area contributed by atoms with Gasteiger partial charge in [-0.3, -0.25) is 9.59 Å². The number of amides is 2. The van der Waals surface area contributed by atoms with Crippen molar-refractivity contribution in [2.24, 2.45) is 5.10 Å². The minimum Gasteiger partial charge on any atom is -0.271 e. The van der Waals surface area contributed by atoms with E-state index in [0.29, 0.717) is 5.56 Å². The van der Waals surface area contributed by atoms with Gasteiger partial charge in [0.2, 0.25) is 0 Å². The van der Waals surface area contributed by atoms with Crippen LogP contribution in [-0.2, 0) is 4.79 Å². The Morgan fingerprint density at radius 2 is 2.07 bits per heavy atom. The lowest BCUT2D eigenvalue weighted by molar-refractivity contribution is -0.130. The second-order valence-corrected chi connectivity index (χ2v) is 3.01. The minimum atomic E-state index is -0.344. The van der Waals surface area contributed by atoms with Gasteiger partial charge in [-0.2, -0.15) is 5.10 Å². The third-order valence-corrected chi connectivity index (χ3v) is 1.94. The van der Waals surface area contributed by atoms with Crippen molar-refractivity contribution in [3.05, 3.63) is 35.9 Å². The topological polar surface area (TPSA) is 61.8 Å². The number of benzene rings is 1. The molecule has 1 aliphatic rings. The van der Waals surface area contributed by atoms with Crippen molar-refractivity contribution in [2.75, 3.05) is 0 Å². The maximum absolute atomic E-state index is 11.6. The van der Waals surface area contributed by atoms with E-state index in [1.54, 1.807) is 24.3 Å². The monoisotopic (exact) mass is 203 g/mol. The van der Waals surface area contributed by atoms with Gasteiger partial charge < -0.3 is 0 Å². The van der Waals surface area contributed by atoms with E-state index in [-0.39, 0.29) is 18.2 Å². The molecular weight excluding hydrogens is 194 g/mol. The molecule has 1 heterocycles. The summed E-state index contributed by atoms with van der Waals surface area (Å²) in [4.78, 5) is 22.7. The lowest BCUT2D eigenvalue weighted by Crippen LogP contribution is -2.40. The fraction of sp³-hybridized carbons (Fsp3) is 0.100. The molecule has 5 nitrogen and oxygen atoms in total. The summed E-state index contributed by atoms with van der Waals surface area (Å²) in [5, 5.41) is 4.66. The minimum absolute atomic E-state index is 0.231. The summed E-state index contributed by atoms with van der Waals surface area (Å²) in [6.45, 7) is 0. The summed E-state index contributed by atoms with van der Waals surface area (Å²) in [6, 6.07) is 8.66. The van der Waals surface area contributed by atoms with Gasteiger partial charge in [-0.25, -0.2) is 5.43 Å². The van der Waals surface area contributed by atoms with Crippen LogP contribution in [0.3, 0.4) is 0 Å². The smallest absolute Gasteiger partial charge is 0.271 e. The molecule has 0 atom stereocenters. The van der Waals surface area contributed by atoms with Crippen LogP contribution >= 0.6 is 0 Å². The first-order chi connectivity index (χ1) is 7.27. The van der Waals surface area contributed by atoms with Crippen molar-refractivity contribution in [1.29, 1.82) is 0 Å². The molecule has 1 aromatic carbocycles. The van der Waals surface area contributed by atoms with Crippen LogP contribution in [0.2, 0.25) is 0 Å². The Morgan fingerprint density at radius 1 is 1.33 bits per heavy atom. The predicted octanol–water partition coefficient (Wildman–Crippen LogP) is 0.549. The molecule has 1 aliphatic heterocycles. The Morgan fingerprint density at radius 3 is 2.67 bits per heavy atom. The van der Waals surface area contributed by atoms with E-state index < -0.39 is 0 Å². The van der Waals surface area contributed by atoms with E-state index in [2.05, 4.69) is 10.5 Å². The van der Waals surface area contributed by atoms with Gasteiger partial charge in [0, 0.05) is 11.8 Å². The van der Waals surface area contributed by atoms with Crippen LogP contribution in [0.25, 0.3) is 0 Å². The highest BCUT2D eigenvalue weighted by Gasteiger charge is 2.19. The number of hydrazine groups is 1. The predicted molar refractivity (Wildman–Crippen MR) is 53.9 cm³/mol. The maximum atomic E-state index is 11.6. The Bertz CT molecular complexity index is 414. The third kappa shape index (κ3) is 2.01. The summed E-state index contributed by atoms with van der Waals surface area (Å²) in [7, 11) is 0. The van der Waals surface area contributed by atoms with Gasteiger partial charge in [0.25, 0.3) is 11.8 Å². The average Bonchev–Trinajstić information content (AvgIpc) is 2.66. The molecule has 0 radical (unpaired) electrons. The van der Waals surface area contributed by atoms with Crippen LogP contribution in [-0.4, -0.2) is 23.1 Å². The lowest BCUT2D eigenvalue weighted by Gasteiger charge is -2.12. The van der Waals surface area contributed by atoms with Gasteiger partial charge in [0.05, 0.1) is 6.42 Å². The highest BCUT2D eigenvalue weighted by molar-refractivity contribution is 5.98. The second kappa shape index (κ2) is 3.91. The molecule has 0 fully saturated rings. The summed E-state index contributed by atoms with van der Waals surface area (Å²) in [5.74, 6) is -0.581. The number of nitrogens with one attached hydrogen (secondary N) is 1. The van der Waals surface area contributed by atoms with Crippen LogP contribution in [0, 0.1) is 0 Å². The molecule has 0 aromatic heterocycles. The zero-order chi connectivity index (χ0) is 10.7. The fourth-order valence-corrected chi connectivity index (χ4v) is 1.19. The number of hydrogen-bond acceptors (Lipinski definition) is 3. The summed E-state index contributed by atoms with van der Waals surface area (Å²) in [6.07, 6.45) is 1.68. The quantitative estimate of drug-likeness (QED) is 0.762. The largest absolute Gasteiger partial charge is 0.271 e. The maximum Gasteiger partial charge on any atom is 0.271 e. The molecule has 76 valence electrons. The molecule has 2 amide bonds. The van der Waals surface area contributed by atoms with Crippen LogP contribution in [0.1, 0.15) is 16.8 Å². The molecule has 0 saturated heterocycles. The lowest BCUT2D eigenvalue weighted by atomic mass is 10.2. The molecule has 1 aromatic rings. The van der Waals surface area contributed by atoms with Crippen molar-refractivity contribution >= 4 is 18.0 Å². The van der Waals surface area contributed by atoms with Crippen molar-refractivity contribution in [1.82, 2.24) is 10.5 Å². The van der Waals surface area contributed by atoms with Gasteiger partial charge in [-0.15, -0.1) is 5.12 Å². The van der Waals surface area contributed by atoms with Crippen LogP contribution in [0.4, 0.5) is 0 Å². The standard InChI is InChI=1S/C10H9N3O2/c14-9-6-7-11-13(9)12-10(15)8-4-2-1-3-5-8/h1-5,7H,6H2,(H,12,15). The highest BCUT2D eigenvalue weighted by atomic mass is 16.2. The number of rotatable bonds is 2. The van der Waals surface area contributed by atoms with E-state index >= 15 is 0 Å². The summed E-state index contributed by atoms with van der Waals surface area (Å²) in [5.41, 5.74) is 2.88. The number of hydrazone groups is 1. The number of hydrogen-bond donors (Lipinski definition) is 1. The van der Waals surface area contributed by atoms with Gasteiger partial charge in [0.1, 0.15) is 0 Å². The van der Waals surface area contributed by atoms with E-state index in [4.69, 9.17) is 0 Å². The Kier molecular flexibility index (Phi) is 2.45. The fourth-order valence-electron chi connectivity index (χ4n) is 1.19. The summed E-state index contributed by atoms with van der Waals surface area (Å²) >= 11 is 0. The molecule has 0 saturated carbocycles. The van der Waals surface area contributed by atoms with Gasteiger partial charge in [0.15, 0.2) is 0 Å². The Hall–Kier alpha value is -2.17. The number of carbonyl (C=O) groups is 2. The van der Waals surface area contributed by atoms with Crippen LogP contribution in [0.5, 0.6) is 0 Å². The molecule has 0 spiro atoms. The van der Waals surface area contributed by atoms with Crippen LogP contribution in [0.15, 0.2) is 35.4 Å². The Labute approximate surface area is 86.4 Å². The molecule has 0 bridgehead atoms. The van der Waals surface area contributed by atoms with Crippen LogP contribution < -0.4 is 5.43 Å². The molecule has 1 N–H and O–H groups in total. The molecule has 2 rings (SSSR count). The van der Waals surface area contributed by atoms with Crippen molar-refractivity contribution in [3.63, 3.8) is 0 Å². The van der Waals surface area contributed by atoms with E-state index in [1.807, 2.05) is 6.07 Å². The van der Waals surface area contributed by atoms with E-state index in [1.165, 1.54) is 6.21 Å². The van der Waals surface area contributed by atoms with Gasteiger partial charge >= 0.3 is 0 Å². The van der Waals surface area contributed by atoms with E-state index in [9.17, 15) is 9.59 Å². The normalized spacial score (nSPS) is 14.4. The number of carbonyl (C=O) groups excluding carboxylic acids is 2. The molecule has 0 unspecified atom stereocenters. The highest BCUT2D eigenvalue weighted by Crippen LogP contribution is 2.02. The molecule has 0 aliphatic carbocycles.